The molecule has 1 N–H and O–H groups in total. The van der Waals surface area contributed by atoms with Crippen molar-refractivity contribution in [2.45, 2.75) is 25.3 Å². The zero-order chi connectivity index (χ0) is 19.8. The number of fused-ring (bicyclic) bond motifs is 1. The van der Waals surface area contributed by atoms with Gasteiger partial charge in [0.1, 0.15) is 5.52 Å². The van der Waals surface area contributed by atoms with Gasteiger partial charge in [-0.05, 0) is 55.2 Å². The molecule has 0 aliphatic carbocycles. The first-order valence-electron chi connectivity index (χ1n) is 8.83. The summed E-state index contributed by atoms with van der Waals surface area (Å²) in [5.41, 5.74) is 0.911. The van der Waals surface area contributed by atoms with E-state index in [1.165, 1.54) is 12.1 Å². The maximum atomic E-state index is 13.8. The second-order valence-electron chi connectivity index (χ2n) is 6.78. The molecule has 1 aromatic heterocycles. The number of likely N-dealkylation sites (tertiary alicyclic amines) is 1. The quantitative estimate of drug-likeness (QED) is 0.671. The number of hydrogen-bond acceptors (Lipinski definition) is 4. The molecule has 0 radical (unpaired) electrons. The van der Waals surface area contributed by atoms with Crippen LogP contribution in [0.25, 0.3) is 11.0 Å². The smallest absolute Gasteiger partial charge is 0.278 e. The van der Waals surface area contributed by atoms with Gasteiger partial charge in [-0.3, -0.25) is 4.79 Å². The molecule has 2 aromatic carbocycles. The molecule has 3 aromatic rings. The largest absolute Gasteiger partial charge is 0.492 e. The highest BCUT2D eigenvalue weighted by Crippen LogP contribution is 2.28. The number of halogens is 3. The molecule has 1 aliphatic rings. The summed E-state index contributed by atoms with van der Waals surface area (Å²) in [6, 6.07) is 9.49. The van der Waals surface area contributed by atoms with E-state index in [4.69, 9.17) is 23.2 Å². The van der Waals surface area contributed by atoms with Crippen LogP contribution in [0.15, 0.2) is 36.4 Å². The molecule has 2 heterocycles. The minimum atomic E-state index is -0.601. The molecule has 0 saturated carbocycles. The molecule has 0 spiro atoms. The summed E-state index contributed by atoms with van der Waals surface area (Å²) in [5, 5.41) is 11.3. The SMILES string of the molecule is O=C(c1nc2cccc(F)c2nc1O)N1CCC[C@H]1Cc1cc(Cl)cc(Cl)c1. The Balaban J connectivity index is 1.63. The number of aromatic nitrogens is 2. The Labute approximate surface area is 170 Å². The fraction of sp³-hybridized carbons (Fsp3) is 0.250. The Morgan fingerprint density at radius 2 is 1.96 bits per heavy atom. The topological polar surface area (TPSA) is 66.3 Å². The summed E-state index contributed by atoms with van der Waals surface area (Å²) in [6.07, 6.45) is 2.23. The van der Waals surface area contributed by atoms with E-state index in [0.717, 1.165) is 18.4 Å². The predicted molar refractivity (Wildman–Crippen MR) is 105 cm³/mol. The first kappa shape index (κ1) is 18.9. The van der Waals surface area contributed by atoms with Crippen molar-refractivity contribution >= 4 is 40.1 Å². The second-order valence-corrected chi connectivity index (χ2v) is 7.65. The highest BCUT2D eigenvalue weighted by atomic mass is 35.5. The third kappa shape index (κ3) is 3.62. The van der Waals surface area contributed by atoms with Crippen LogP contribution in [-0.2, 0) is 6.42 Å². The summed E-state index contributed by atoms with van der Waals surface area (Å²) >= 11 is 12.1. The van der Waals surface area contributed by atoms with E-state index in [1.54, 1.807) is 17.0 Å². The zero-order valence-corrected chi connectivity index (χ0v) is 16.2. The third-order valence-electron chi connectivity index (χ3n) is 4.86. The van der Waals surface area contributed by atoms with Gasteiger partial charge in [0, 0.05) is 22.6 Å². The lowest BCUT2D eigenvalue weighted by Crippen LogP contribution is -2.37. The Morgan fingerprint density at radius 3 is 2.71 bits per heavy atom. The Hall–Kier alpha value is -2.44. The van der Waals surface area contributed by atoms with Gasteiger partial charge in [0.25, 0.3) is 5.91 Å². The van der Waals surface area contributed by atoms with Gasteiger partial charge in [0.2, 0.25) is 5.88 Å². The Kier molecular flexibility index (Phi) is 5.08. The minimum Gasteiger partial charge on any atom is -0.492 e. The van der Waals surface area contributed by atoms with Gasteiger partial charge < -0.3 is 10.0 Å². The van der Waals surface area contributed by atoms with Crippen molar-refractivity contribution < 1.29 is 14.3 Å². The number of hydrogen-bond donors (Lipinski definition) is 1. The van der Waals surface area contributed by atoms with Crippen LogP contribution >= 0.6 is 23.2 Å². The highest BCUT2D eigenvalue weighted by molar-refractivity contribution is 6.34. The van der Waals surface area contributed by atoms with Gasteiger partial charge in [0.05, 0.1) is 5.52 Å². The summed E-state index contributed by atoms with van der Waals surface area (Å²) in [7, 11) is 0. The fourth-order valence-corrected chi connectivity index (χ4v) is 4.20. The number of nitrogens with zero attached hydrogens (tertiary/aromatic N) is 3. The lowest BCUT2D eigenvalue weighted by molar-refractivity contribution is 0.0726. The van der Waals surface area contributed by atoms with Crippen molar-refractivity contribution in [2.75, 3.05) is 6.54 Å². The number of para-hydroxylation sites is 1. The number of carbonyl (C=O) groups is 1. The molecule has 4 rings (SSSR count). The van der Waals surface area contributed by atoms with Crippen LogP contribution in [-0.4, -0.2) is 38.5 Å². The van der Waals surface area contributed by atoms with Crippen LogP contribution < -0.4 is 0 Å². The lowest BCUT2D eigenvalue weighted by atomic mass is 10.0. The maximum Gasteiger partial charge on any atom is 0.278 e. The molecule has 1 amide bonds. The van der Waals surface area contributed by atoms with Crippen LogP contribution in [0.3, 0.4) is 0 Å². The van der Waals surface area contributed by atoms with Crippen molar-refractivity contribution in [3.8, 4) is 5.88 Å². The van der Waals surface area contributed by atoms with Crippen molar-refractivity contribution in [3.05, 3.63) is 63.5 Å². The normalized spacial score (nSPS) is 16.7. The number of rotatable bonds is 3. The van der Waals surface area contributed by atoms with E-state index < -0.39 is 17.6 Å². The average molecular weight is 420 g/mol. The van der Waals surface area contributed by atoms with Crippen molar-refractivity contribution in [3.63, 3.8) is 0 Å². The molecular formula is C20H16Cl2FN3O2. The number of amides is 1. The van der Waals surface area contributed by atoms with E-state index in [9.17, 15) is 14.3 Å². The van der Waals surface area contributed by atoms with Crippen LogP contribution in [0.1, 0.15) is 28.9 Å². The van der Waals surface area contributed by atoms with Crippen LogP contribution in [0.2, 0.25) is 10.0 Å². The third-order valence-corrected chi connectivity index (χ3v) is 5.30. The van der Waals surface area contributed by atoms with Crippen LogP contribution in [0, 0.1) is 5.82 Å². The van der Waals surface area contributed by atoms with Crippen molar-refractivity contribution in [1.29, 1.82) is 0 Å². The van der Waals surface area contributed by atoms with Gasteiger partial charge in [-0.15, -0.1) is 0 Å². The van der Waals surface area contributed by atoms with Crippen molar-refractivity contribution in [1.82, 2.24) is 14.9 Å². The van der Waals surface area contributed by atoms with Gasteiger partial charge in [0.15, 0.2) is 11.5 Å². The van der Waals surface area contributed by atoms with Gasteiger partial charge in [-0.25, -0.2) is 14.4 Å². The lowest BCUT2D eigenvalue weighted by Gasteiger charge is -2.25. The van der Waals surface area contributed by atoms with E-state index in [2.05, 4.69) is 9.97 Å². The Bertz CT molecular complexity index is 1060. The van der Waals surface area contributed by atoms with Crippen LogP contribution in [0.5, 0.6) is 5.88 Å². The average Bonchev–Trinajstić information content (AvgIpc) is 3.08. The van der Waals surface area contributed by atoms with E-state index in [1.807, 2.05) is 12.1 Å². The molecule has 1 atom stereocenters. The zero-order valence-electron chi connectivity index (χ0n) is 14.7. The number of carbonyl (C=O) groups excluding carboxylic acids is 1. The summed E-state index contributed by atoms with van der Waals surface area (Å²) in [6.45, 7) is 0.542. The molecule has 0 unspecified atom stereocenters. The van der Waals surface area contributed by atoms with Gasteiger partial charge in [-0.2, -0.15) is 0 Å². The van der Waals surface area contributed by atoms with Gasteiger partial charge >= 0.3 is 0 Å². The summed E-state index contributed by atoms with van der Waals surface area (Å²) < 4.78 is 13.8. The molecule has 1 aliphatic heterocycles. The molecule has 144 valence electrons. The minimum absolute atomic E-state index is 0.0666. The standard InChI is InChI=1S/C20H16Cl2FN3O2/c21-12-7-11(8-13(22)10-12)9-14-3-2-6-26(14)20(28)18-19(27)25-17-15(23)4-1-5-16(17)24-18/h1,4-5,7-8,10,14H,2-3,6,9H2,(H,25,27)/t14-/m0/s1. The monoisotopic (exact) mass is 419 g/mol. The first-order valence-corrected chi connectivity index (χ1v) is 9.59. The molecule has 1 saturated heterocycles. The first-order chi connectivity index (χ1) is 13.4. The van der Waals surface area contributed by atoms with E-state index in [0.29, 0.717) is 23.0 Å². The van der Waals surface area contributed by atoms with E-state index in [-0.39, 0.29) is 22.8 Å². The van der Waals surface area contributed by atoms with Crippen molar-refractivity contribution in [2.24, 2.45) is 0 Å². The van der Waals surface area contributed by atoms with Gasteiger partial charge in [-0.1, -0.05) is 29.3 Å². The summed E-state index contributed by atoms with van der Waals surface area (Å²) in [5.74, 6) is -1.60. The molecule has 1 fully saturated rings. The fourth-order valence-electron chi connectivity index (χ4n) is 3.63. The number of aromatic hydroxyl groups is 1. The highest BCUT2D eigenvalue weighted by Gasteiger charge is 2.32. The molecular weight excluding hydrogens is 404 g/mol. The van der Waals surface area contributed by atoms with Crippen LogP contribution in [0.4, 0.5) is 4.39 Å². The summed E-state index contributed by atoms with van der Waals surface area (Å²) in [4.78, 5) is 22.7. The molecule has 8 heteroatoms. The number of benzene rings is 2. The van der Waals surface area contributed by atoms with E-state index >= 15 is 0 Å². The predicted octanol–water partition coefficient (Wildman–Crippen LogP) is 4.63. The Morgan fingerprint density at radius 1 is 1.21 bits per heavy atom. The maximum absolute atomic E-state index is 13.8. The second kappa shape index (κ2) is 7.53. The molecule has 0 bridgehead atoms. The molecule has 5 nitrogen and oxygen atoms in total. The molecule has 28 heavy (non-hydrogen) atoms.